The average molecular weight is 368 g/mol. The van der Waals surface area contributed by atoms with Crippen molar-refractivity contribution in [3.05, 3.63) is 29.8 Å². The third kappa shape index (κ3) is 5.26. The van der Waals surface area contributed by atoms with Crippen LogP contribution in [-0.4, -0.2) is 63.3 Å². The Balaban J connectivity index is 1.81. The number of nitrogens with zero attached hydrogens (tertiary/aromatic N) is 2. The van der Waals surface area contributed by atoms with Gasteiger partial charge in [0.15, 0.2) is 0 Å². The fourth-order valence-corrected chi connectivity index (χ4v) is 3.97. The van der Waals surface area contributed by atoms with Gasteiger partial charge in [-0.3, -0.25) is 4.79 Å². The van der Waals surface area contributed by atoms with E-state index < -0.39 is 10.0 Å². The summed E-state index contributed by atoms with van der Waals surface area (Å²) in [5.41, 5.74) is 0.476. The highest BCUT2D eigenvalue weighted by molar-refractivity contribution is 7.89. The molecule has 1 aromatic carbocycles. The molecule has 6 nitrogen and oxygen atoms in total. The number of nitrogens with one attached hydrogen (secondary N) is 1. The summed E-state index contributed by atoms with van der Waals surface area (Å²) in [4.78, 5) is 14.8. The highest BCUT2D eigenvalue weighted by Gasteiger charge is 2.18. The van der Waals surface area contributed by atoms with Gasteiger partial charge in [0.1, 0.15) is 0 Å². The second-order valence-electron chi connectivity index (χ2n) is 6.80. The van der Waals surface area contributed by atoms with Crippen molar-refractivity contribution in [1.29, 1.82) is 0 Å². The van der Waals surface area contributed by atoms with Gasteiger partial charge in [-0.15, -0.1) is 0 Å². The zero-order valence-corrected chi connectivity index (χ0v) is 16.2. The van der Waals surface area contributed by atoms with Gasteiger partial charge in [0, 0.05) is 38.8 Å². The van der Waals surface area contributed by atoms with Crippen molar-refractivity contribution in [2.24, 2.45) is 0 Å². The van der Waals surface area contributed by atoms with Crippen LogP contribution in [0.2, 0.25) is 0 Å². The summed E-state index contributed by atoms with van der Waals surface area (Å²) < 4.78 is 25.2. The van der Waals surface area contributed by atoms with Gasteiger partial charge in [-0.1, -0.05) is 6.42 Å². The summed E-state index contributed by atoms with van der Waals surface area (Å²) in [6, 6.07) is 6.69. The van der Waals surface area contributed by atoms with Crippen LogP contribution in [0.15, 0.2) is 29.2 Å². The van der Waals surface area contributed by atoms with Crippen molar-refractivity contribution in [2.45, 2.75) is 43.5 Å². The average Bonchev–Trinajstić information content (AvgIpc) is 2.60. The molecule has 1 fully saturated rings. The van der Waals surface area contributed by atoms with E-state index in [1.54, 1.807) is 12.1 Å². The van der Waals surface area contributed by atoms with Crippen molar-refractivity contribution in [2.75, 3.05) is 33.7 Å². The molecule has 1 aromatic rings. The summed E-state index contributed by atoms with van der Waals surface area (Å²) >= 11 is 0. The quantitative estimate of drug-likeness (QED) is 0.748. The van der Waals surface area contributed by atoms with Gasteiger partial charge in [0.2, 0.25) is 10.0 Å². The molecule has 1 heterocycles. The molecule has 0 aliphatic carbocycles. The van der Waals surface area contributed by atoms with Crippen molar-refractivity contribution in [3.63, 3.8) is 0 Å². The van der Waals surface area contributed by atoms with Crippen molar-refractivity contribution in [1.82, 2.24) is 14.5 Å². The van der Waals surface area contributed by atoms with Crippen molar-refractivity contribution < 1.29 is 13.2 Å². The lowest BCUT2D eigenvalue weighted by atomic mass is 10.0. The summed E-state index contributed by atoms with van der Waals surface area (Å²) in [6.45, 7) is 5.04. The predicted molar refractivity (Wildman–Crippen MR) is 99.2 cm³/mol. The molecule has 1 aliphatic rings. The summed E-state index contributed by atoms with van der Waals surface area (Å²) in [5, 5.41) is 2.91. The first kappa shape index (κ1) is 19.9. The first-order valence-electron chi connectivity index (χ1n) is 8.87. The van der Waals surface area contributed by atoms with E-state index in [9.17, 15) is 13.2 Å². The monoisotopic (exact) mass is 367 g/mol. The number of likely N-dealkylation sites (tertiary alicyclic amines) is 1. The molecular weight excluding hydrogens is 338 g/mol. The lowest BCUT2D eigenvalue weighted by Crippen LogP contribution is -2.39. The second kappa shape index (κ2) is 8.78. The predicted octanol–water partition coefficient (Wildman–Crippen LogP) is 1.93. The van der Waals surface area contributed by atoms with Gasteiger partial charge >= 0.3 is 0 Å². The fourth-order valence-electron chi connectivity index (χ4n) is 3.07. The Kier molecular flexibility index (Phi) is 6.98. The van der Waals surface area contributed by atoms with Crippen LogP contribution in [0.5, 0.6) is 0 Å². The topological polar surface area (TPSA) is 69.7 Å². The van der Waals surface area contributed by atoms with E-state index in [1.807, 2.05) is 0 Å². The molecule has 1 aliphatic heterocycles. The molecule has 0 aromatic heterocycles. The van der Waals surface area contributed by atoms with Gasteiger partial charge < -0.3 is 10.2 Å². The summed E-state index contributed by atoms with van der Waals surface area (Å²) in [7, 11) is -0.491. The van der Waals surface area contributed by atoms with Crippen molar-refractivity contribution >= 4 is 15.9 Å². The van der Waals surface area contributed by atoms with Crippen LogP contribution >= 0.6 is 0 Å². The third-order valence-corrected chi connectivity index (χ3v) is 6.57. The smallest absolute Gasteiger partial charge is 0.251 e. The molecule has 0 spiro atoms. The van der Waals surface area contributed by atoms with E-state index in [1.165, 1.54) is 45.5 Å². The Hall–Kier alpha value is -1.44. The SMILES string of the molecule is C[C@@H]1CCCCN1CCCNC(=O)c1ccc(S(=O)(=O)N(C)C)cc1. The van der Waals surface area contributed by atoms with Gasteiger partial charge in [0.05, 0.1) is 4.90 Å². The maximum atomic E-state index is 12.2. The number of hydrogen-bond donors (Lipinski definition) is 1. The molecule has 140 valence electrons. The first-order valence-corrected chi connectivity index (χ1v) is 10.3. The minimum atomic E-state index is -3.46. The molecule has 1 saturated heterocycles. The van der Waals surface area contributed by atoms with Crippen LogP contribution in [0.4, 0.5) is 0 Å². The van der Waals surface area contributed by atoms with Crippen molar-refractivity contribution in [3.8, 4) is 0 Å². The number of carbonyl (C=O) groups is 1. The largest absolute Gasteiger partial charge is 0.352 e. The Morgan fingerprint density at radius 2 is 1.92 bits per heavy atom. The lowest BCUT2D eigenvalue weighted by molar-refractivity contribution is 0.0948. The Bertz CT molecular complexity index is 671. The van der Waals surface area contributed by atoms with Gasteiger partial charge in [0.25, 0.3) is 5.91 Å². The molecule has 0 radical (unpaired) electrons. The molecule has 7 heteroatoms. The minimum absolute atomic E-state index is 0.166. The standard InChI is InChI=1S/C18H29N3O3S/c1-15-7-4-5-13-21(15)14-6-12-19-18(22)16-8-10-17(11-9-16)25(23,24)20(2)3/h8-11,15H,4-7,12-14H2,1-3H3,(H,19,22)/t15-/m1/s1. The van der Waals surface area contributed by atoms with E-state index in [2.05, 4.69) is 17.1 Å². The molecule has 0 unspecified atom stereocenters. The van der Waals surface area contributed by atoms with E-state index in [0.717, 1.165) is 23.8 Å². The number of hydrogen-bond acceptors (Lipinski definition) is 4. The second-order valence-corrected chi connectivity index (χ2v) is 8.95. The minimum Gasteiger partial charge on any atom is -0.352 e. The van der Waals surface area contributed by atoms with Crippen LogP contribution < -0.4 is 5.32 Å². The van der Waals surface area contributed by atoms with E-state index in [4.69, 9.17) is 0 Å². The lowest BCUT2D eigenvalue weighted by Gasteiger charge is -2.33. The Labute approximate surface area is 151 Å². The van der Waals surface area contributed by atoms with Gasteiger partial charge in [-0.25, -0.2) is 12.7 Å². The van der Waals surface area contributed by atoms with Crippen LogP contribution in [-0.2, 0) is 10.0 Å². The number of carbonyl (C=O) groups excluding carboxylic acids is 1. The number of piperidine rings is 1. The number of rotatable bonds is 7. The Morgan fingerprint density at radius 3 is 2.52 bits per heavy atom. The van der Waals surface area contributed by atoms with Crippen LogP contribution in [0.3, 0.4) is 0 Å². The molecule has 2 rings (SSSR count). The van der Waals surface area contributed by atoms with Crippen LogP contribution in [0.25, 0.3) is 0 Å². The zero-order chi connectivity index (χ0) is 18.4. The molecule has 1 atom stereocenters. The van der Waals surface area contributed by atoms with Gasteiger partial charge in [-0.05, 0) is 57.0 Å². The Morgan fingerprint density at radius 1 is 1.24 bits per heavy atom. The molecular formula is C18H29N3O3S. The molecule has 25 heavy (non-hydrogen) atoms. The summed E-state index contributed by atoms with van der Waals surface area (Å²) in [6.07, 6.45) is 4.75. The number of benzene rings is 1. The van der Waals surface area contributed by atoms with E-state index >= 15 is 0 Å². The van der Waals surface area contributed by atoms with Crippen LogP contribution in [0, 0.1) is 0 Å². The fraction of sp³-hybridized carbons (Fsp3) is 0.611. The number of sulfonamides is 1. The molecule has 1 N–H and O–H groups in total. The molecule has 0 bridgehead atoms. The third-order valence-electron chi connectivity index (χ3n) is 4.74. The first-order chi connectivity index (χ1) is 11.8. The van der Waals surface area contributed by atoms with Crippen LogP contribution in [0.1, 0.15) is 43.0 Å². The van der Waals surface area contributed by atoms with Gasteiger partial charge in [-0.2, -0.15) is 0 Å². The maximum absolute atomic E-state index is 12.2. The maximum Gasteiger partial charge on any atom is 0.251 e. The highest BCUT2D eigenvalue weighted by Crippen LogP contribution is 2.16. The van der Waals surface area contributed by atoms with E-state index in [0.29, 0.717) is 18.2 Å². The molecule has 0 saturated carbocycles. The number of amides is 1. The highest BCUT2D eigenvalue weighted by atomic mass is 32.2. The summed E-state index contributed by atoms with van der Waals surface area (Å²) in [5.74, 6) is -0.166. The van der Waals surface area contributed by atoms with E-state index in [-0.39, 0.29) is 10.8 Å². The zero-order valence-electron chi connectivity index (χ0n) is 15.4. The molecule has 1 amide bonds. The normalized spacial score (nSPS) is 19.1.